The third kappa shape index (κ3) is 3.37. The SMILES string of the molecule is CS(=O)(=O)c1ncc(Cl)c(C(=O)[C@@H](C#N)c2nc3ccccc3s2)n1. The summed E-state index contributed by atoms with van der Waals surface area (Å²) >= 11 is 7.15. The number of Topliss-reactive ketones (excluding diaryl/α,β-unsaturated/α-hetero) is 1. The normalized spacial score (nSPS) is 12.7. The van der Waals surface area contributed by atoms with Gasteiger partial charge < -0.3 is 0 Å². The first kappa shape index (κ1) is 17.4. The Bertz CT molecular complexity index is 1100. The summed E-state index contributed by atoms with van der Waals surface area (Å²) in [7, 11) is -3.72. The van der Waals surface area contributed by atoms with Crippen LogP contribution in [0.2, 0.25) is 5.02 Å². The molecule has 0 radical (unpaired) electrons. The van der Waals surface area contributed by atoms with Crippen LogP contribution in [0.5, 0.6) is 0 Å². The van der Waals surface area contributed by atoms with Gasteiger partial charge >= 0.3 is 0 Å². The number of thiazole rings is 1. The highest BCUT2D eigenvalue weighted by molar-refractivity contribution is 7.90. The summed E-state index contributed by atoms with van der Waals surface area (Å²) in [6, 6.07) is 9.12. The van der Waals surface area contributed by atoms with E-state index in [0.29, 0.717) is 10.5 Å². The summed E-state index contributed by atoms with van der Waals surface area (Å²) in [5.41, 5.74) is 0.351. The number of carbonyl (C=O) groups is 1. The van der Waals surface area contributed by atoms with Crippen LogP contribution < -0.4 is 0 Å². The monoisotopic (exact) mass is 392 g/mol. The van der Waals surface area contributed by atoms with Crippen molar-refractivity contribution in [2.24, 2.45) is 0 Å². The number of para-hydroxylation sites is 1. The van der Waals surface area contributed by atoms with Crippen molar-refractivity contribution in [2.45, 2.75) is 11.1 Å². The second kappa shape index (κ2) is 6.48. The van der Waals surface area contributed by atoms with Gasteiger partial charge in [0.2, 0.25) is 20.8 Å². The van der Waals surface area contributed by atoms with Crippen molar-refractivity contribution in [3.05, 3.63) is 46.2 Å². The molecule has 0 aliphatic carbocycles. The minimum atomic E-state index is -3.72. The molecule has 126 valence electrons. The summed E-state index contributed by atoms with van der Waals surface area (Å²) in [5, 5.41) is 9.09. The van der Waals surface area contributed by atoms with Crippen molar-refractivity contribution in [3.63, 3.8) is 0 Å². The van der Waals surface area contributed by atoms with E-state index in [-0.39, 0.29) is 10.7 Å². The van der Waals surface area contributed by atoms with Crippen molar-refractivity contribution in [3.8, 4) is 6.07 Å². The largest absolute Gasteiger partial charge is 0.290 e. The minimum absolute atomic E-state index is 0.126. The number of ketones is 1. The van der Waals surface area contributed by atoms with E-state index in [4.69, 9.17) is 11.6 Å². The molecule has 1 aromatic carbocycles. The van der Waals surface area contributed by atoms with Crippen LogP contribution in [-0.2, 0) is 9.84 Å². The summed E-state index contributed by atoms with van der Waals surface area (Å²) in [6.45, 7) is 0. The Kier molecular flexibility index (Phi) is 4.51. The number of benzene rings is 1. The van der Waals surface area contributed by atoms with Gasteiger partial charge in [0.25, 0.3) is 0 Å². The van der Waals surface area contributed by atoms with E-state index in [9.17, 15) is 18.5 Å². The van der Waals surface area contributed by atoms with E-state index in [1.165, 1.54) is 11.3 Å². The molecule has 25 heavy (non-hydrogen) atoms. The summed E-state index contributed by atoms with van der Waals surface area (Å²) in [4.78, 5) is 24.4. The average Bonchev–Trinajstić information content (AvgIpc) is 2.98. The van der Waals surface area contributed by atoms with Crippen LogP contribution in [0.15, 0.2) is 35.6 Å². The maximum Gasteiger partial charge on any atom is 0.247 e. The van der Waals surface area contributed by atoms with Crippen molar-refractivity contribution >= 4 is 48.8 Å². The number of nitrogens with zero attached hydrogens (tertiary/aromatic N) is 4. The Balaban J connectivity index is 2.08. The Morgan fingerprint density at radius 3 is 2.68 bits per heavy atom. The van der Waals surface area contributed by atoms with E-state index in [2.05, 4.69) is 15.0 Å². The number of nitriles is 1. The van der Waals surface area contributed by atoms with E-state index >= 15 is 0 Å². The van der Waals surface area contributed by atoms with Crippen LogP contribution in [0.25, 0.3) is 10.2 Å². The molecule has 10 heteroatoms. The molecule has 3 aromatic rings. The number of halogens is 1. The van der Waals surface area contributed by atoms with Gasteiger partial charge in [0.05, 0.1) is 27.5 Å². The van der Waals surface area contributed by atoms with Gasteiger partial charge in [-0.3, -0.25) is 4.79 Å². The lowest BCUT2D eigenvalue weighted by molar-refractivity contribution is 0.0973. The Hall–Kier alpha value is -2.41. The molecule has 0 aliphatic rings. The van der Waals surface area contributed by atoms with Crippen LogP contribution >= 0.6 is 22.9 Å². The van der Waals surface area contributed by atoms with Crippen molar-refractivity contribution in [1.82, 2.24) is 15.0 Å². The van der Waals surface area contributed by atoms with E-state index in [0.717, 1.165) is 17.2 Å². The zero-order valence-electron chi connectivity index (χ0n) is 12.7. The first-order valence-corrected chi connectivity index (χ1v) is 9.91. The summed E-state index contributed by atoms with van der Waals surface area (Å²) < 4.78 is 24.0. The van der Waals surface area contributed by atoms with Crippen LogP contribution in [0.4, 0.5) is 0 Å². The third-order valence-corrected chi connectivity index (χ3v) is 5.47. The summed E-state index contributed by atoms with van der Waals surface area (Å²) in [5.74, 6) is -1.96. The van der Waals surface area contributed by atoms with Gasteiger partial charge in [0.1, 0.15) is 10.7 Å². The fourth-order valence-electron chi connectivity index (χ4n) is 2.08. The lowest BCUT2D eigenvalue weighted by Crippen LogP contribution is -2.16. The van der Waals surface area contributed by atoms with Crippen LogP contribution in [-0.4, -0.2) is 35.4 Å². The van der Waals surface area contributed by atoms with Gasteiger partial charge in [-0.05, 0) is 12.1 Å². The average molecular weight is 393 g/mol. The maximum atomic E-state index is 12.7. The molecule has 2 heterocycles. The number of fused-ring (bicyclic) bond motifs is 1. The lowest BCUT2D eigenvalue weighted by Gasteiger charge is -2.07. The molecule has 7 nitrogen and oxygen atoms in total. The molecular weight excluding hydrogens is 384 g/mol. The third-order valence-electron chi connectivity index (χ3n) is 3.24. The lowest BCUT2D eigenvalue weighted by atomic mass is 10.0. The first-order valence-electron chi connectivity index (χ1n) is 6.83. The molecule has 0 saturated carbocycles. The number of carbonyl (C=O) groups excluding carboxylic acids is 1. The van der Waals surface area contributed by atoms with Gasteiger partial charge in [-0.2, -0.15) is 5.26 Å². The molecule has 0 fully saturated rings. The van der Waals surface area contributed by atoms with Crippen LogP contribution in [0.1, 0.15) is 21.4 Å². The second-order valence-electron chi connectivity index (χ2n) is 5.07. The van der Waals surface area contributed by atoms with Gasteiger partial charge in [-0.25, -0.2) is 23.4 Å². The Labute approximate surface area is 151 Å². The zero-order chi connectivity index (χ0) is 18.2. The summed E-state index contributed by atoms with van der Waals surface area (Å²) in [6.07, 6.45) is 1.95. The number of hydrogen-bond acceptors (Lipinski definition) is 8. The highest BCUT2D eigenvalue weighted by Crippen LogP contribution is 2.30. The molecule has 0 saturated heterocycles. The highest BCUT2D eigenvalue weighted by atomic mass is 35.5. The standard InChI is InChI=1S/C15H9ClN4O3S2/c1-25(22,23)15-18-7-9(16)12(20-15)13(21)8(6-17)14-19-10-4-2-3-5-11(10)24-14/h2-5,7-8H,1H3/t8-/m1/s1. The predicted molar refractivity (Wildman–Crippen MR) is 92.5 cm³/mol. The smallest absolute Gasteiger partial charge is 0.247 e. The number of aromatic nitrogens is 3. The number of sulfone groups is 1. The molecule has 0 unspecified atom stereocenters. The van der Waals surface area contributed by atoms with Crippen LogP contribution in [0.3, 0.4) is 0 Å². The van der Waals surface area contributed by atoms with E-state index < -0.39 is 26.7 Å². The zero-order valence-corrected chi connectivity index (χ0v) is 15.1. The molecule has 1 atom stereocenters. The van der Waals surface area contributed by atoms with E-state index in [1.807, 2.05) is 18.2 Å². The molecule has 0 N–H and O–H groups in total. The van der Waals surface area contributed by atoms with Gasteiger partial charge in [0.15, 0.2) is 5.92 Å². The topological polar surface area (TPSA) is 114 Å². The Morgan fingerprint density at radius 2 is 2.04 bits per heavy atom. The molecule has 0 bridgehead atoms. The fraction of sp³-hybridized carbons (Fsp3) is 0.133. The fourth-order valence-corrected chi connectivity index (χ4v) is 3.78. The second-order valence-corrected chi connectivity index (χ2v) is 8.45. The van der Waals surface area contributed by atoms with E-state index in [1.54, 1.807) is 12.1 Å². The number of rotatable bonds is 4. The molecule has 2 aromatic heterocycles. The minimum Gasteiger partial charge on any atom is -0.290 e. The van der Waals surface area contributed by atoms with Gasteiger partial charge in [-0.15, -0.1) is 11.3 Å². The maximum absolute atomic E-state index is 12.7. The van der Waals surface area contributed by atoms with Crippen molar-refractivity contribution in [1.29, 1.82) is 5.26 Å². The number of hydrogen-bond donors (Lipinski definition) is 0. The van der Waals surface area contributed by atoms with Crippen LogP contribution in [0, 0.1) is 11.3 Å². The van der Waals surface area contributed by atoms with Gasteiger partial charge in [0, 0.05) is 6.26 Å². The first-order chi connectivity index (χ1) is 11.8. The molecular formula is C15H9ClN4O3S2. The van der Waals surface area contributed by atoms with Gasteiger partial charge in [-0.1, -0.05) is 23.7 Å². The molecule has 0 aliphatic heterocycles. The highest BCUT2D eigenvalue weighted by Gasteiger charge is 2.29. The molecule has 3 rings (SSSR count). The van der Waals surface area contributed by atoms with Crippen molar-refractivity contribution in [2.75, 3.05) is 6.26 Å². The molecule has 0 amide bonds. The van der Waals surface area contributed by atoms with Crippen molar-refractivity contribution < 1.29 is 13.2 Å². The predicted octanol–water partition coefficient (Wildman–Crippen LogP) is 2.63. The quantitative estimate of drug-likeness (QED) is 0.495. The molecule has 0 spiro atoms. The Morgan fingerprint density at radius 1 is 1.32 bits per heavy atom.